The third kappa shape index (κ3) is 2.23. The summed E-state index contributed by atoms with van der Waals surface area (Å²) in [6, 6.07) is 12.4. The topological polar surface area (TPSA) is 87.1 Å². The minimum absolute atomic E-state index is 0.220. The second-order valence-corrected chi connectivity index (χ2v) is 6.14. The van der Waals surface area contributed by atoms with E-state index in [9.17, 15) is 14.7 Å². The average molecular weight is 323 g/mol. The summed E-state index contributed by atoms with van der Waals surface area (Å²) in [5, 5.41) is 13.2. The first-order valence-electron chi connectivity index (χ1n) is 7.80. The summed E-state index contributed by atoms with van der Waals surface area (Å²) >= 11 is 0. The molecule has 1 heterocycles. The number of benzene rings is 2. The van der Waals surface area contributed by atoms with E-state index in [-0.39, 0.29) is 11.6 Å². The van der Waals surface area contributed by atoms with Gasteiger partial charge < -0.3 is 15.4 Å². The van der Waals surface area contributed by atoms with Gasteiger partial charge in [0.15, 0.2) is 0 Å². The molecule has 0 radical (unpaired) electrons. The molecular weight excluding hydrogens is 306 g/mol. The zero-order valence-electron chi connectivity index (χ0n) is 13.1. The molecule has 122 valence electrons. The highest BCUT2D eigenvalue weighted by atomic mass is 16.3. The van der Waals surface area contributed by atoms with Crippen LogP contribution in [0.3, 0.4) is 0 Å². The Morgan fingerprint density at radius 2 is 2.08 bits per heavy atom. The number of imidazole rings is 1. The molecule has 1 aliphatic carbocycles. The quantitative estimate of drug-likeness (QED) is 0.663. The van der Waals surface area contributed by atoms with E-state index in [0.29, 0.717) is 17.5 Å². The molecule has 2 aromatic carbocycles. The molecule has 1 aromatic heterocycles. The van der Waals surface area contributed by atoms with E-state index in [1.807, 2.05) is 24.3 Å². The molecule has 3 aromatic rings. The third-order valence-electron chi connectivity index (χ3n) is 4.66. The minimum Gasteiger partial charge on any atom is -0.390 e. The number of hydrogen-bond acceptors (Lipinski definition) is 3. The van der Waals surface area contributed by atoms with Crippen molar-refractivity contribution in [3.8, 4) is 0 Å². The van der Waals surface area contributed by atoms with Crippen LogP contribution in [0.1, 0.15) is 27.5 Å². The largest absolute Gasteiger partial charge is 0.390 e. The number of aryl methyl sites for hydroxylation is 1. The van der Waals surface area contributed by atoms with E-state index in [2.05, 4.69) is 10.3 Å². The van der Waals surface area contributed by atoms with Gasteiger partial charge in [-0.15, -0.1) is 0 Å². The minimum atomic E-state index is -0.633. The molecule has 3 N–H and O–H groups in total. The summed E-state index contributed by atoms with van der Waals surface area (Å²) in [7, 11) is 1.67. The fourth-order valence-corrected chi connectivity index (χ4v) is 3.35. The number of carbonyl (C=O) groups excluding carboxylic acids is 1. The molecule has 0 fully saturated rings. The number of aromatic nitrogens is 2. The van der Waals surface area contributed by atoms with Crippen molar-refractivity contribution in [3.63, 3.8) is 0 Å². The molecule has 2 unspecified atom stereocenters. The summed E-state index contributed by atoms with van der Waals surface area (Å²) in [4.78, 5) is 26.9. The van der Waals surface area contributed by atoms with Crippen molar-refractivity contribution in [2.75, 3.05) is 0 Å². The first kappa shape index (κ1) is 14.7. The number of aliphatic hydroxyl groups excluding tert-OH is 1. The summed E-state index contributed by atoms with van der Waals surface area (Å²) in [6.07, 6.45) is -0.0989. The number of aromatic amines is 1. The van der Waals surface area contributed by atoms with Crippen molar-refractivity contribution < 1.29 is 9.90 Å². The van der Waals surface area contributed by atoms with Gasteiger partial charge in [0.2, 0.25) is 0 Å². The van der Waals surface area contributed by atoms with Crippen LogP contribution in [0.15, 0.2) is 47.3 Å². The van der Waals surface area contributed by atoms with Crippen LogP contribution in [0.25, 0.3) is 11.0 Å². The van der Waals surface area contributed by atoms with Gasteiger partial charge in [-0.2, -0.15) is 0 Å². The van der Waals surface area contributed by atoms with Crippen molar-refractivity contribution in [1.82, 2.24) is 14.9 Å². The maximum Gasteiger partial charge on any atom is 0.326 e. The molecule has 0 saturated heterocycles. The van der Waals surface area contributed by atoms with Gasteiger partial charge in [-0.25, -0.2) is 4.79 Å². The number of aliphatic hydroxyl groups is 1. The van der Waals surface area contributed by atoms with Crippen LogP contribution in [0.5, 0.6) is 0 Å². The normalized spacial score (nSPS) is 19.4. The van der Waals surface area contributed by atoms with Gasteiger partial charge in [0, 0.05) is 19.0 Å². The second-order valence-electron chi connectivity index (χ2n) is 6.14. The third-order valence-corrected chi connectivity index (χ3v) is 4.66. The lowest BCUT2D eigenvalue weighted by atomic mass is 10.1. The lowest BCUT2D eigenvalue weighted by molar-refractivity contribution is 0.0858. The van der Waals surface area contributed by atoms with E-state index in [4.69, 9.17) is 0 Å². The fraction of sp³-hybridized carbons (Fsp3) is 0.222. The summed E-state index contributed by atoms with van der Waals surface area (Å²) in [6.45, 7) is 0. The Bertz CT molecular complexity index is 1000. The van der Waals surface area contributed by atoms with Gasteiger partial charge >= 0.3 is 5.69 Å². The van der Waals surface area contributed by atoms with Crippen LogP contribution < -0.4 is 11.0 Å². The predicted octanol–water partition coefficient (Wildman–Crippen LogP) is 1.25. The van der Waals surface area contributed by atoms with E-state index in [0.717, 1.165) is 16.6 Å². The van der Waals surface area contributed by atoms with E-state index >= 15 is 0 Å². The van der Waals surface area contributed by atoms with E-state index < -0.39 is 12.1 Å². The van der Waals surface area contributed by atoms with Crippen LogP contribution in [0.4, 0.5) is 0 Å². The smallest absolute Gasteiger partial charge is 0.326 e. The van der Waals surface area contributed by atoms with E-state index in [1.165, 1.54) is 4.57 Å². The van der Waals surface area contributed by atoms with Crippen LogP contribution in [-0.4, -0.2) is 26.7 Å². The highest BCUT2D eigenvalue weighted by Crippen LogP contribution is 2.31. The monoisotopic (exact) mass is 323 g/mol. The average Bonchev–Trinajstić information content (AvgIpc) is 3.04. The van der Waals surface area contributed by atoms with E-state index in [1.54, 1.807) is 25.2 Å². The first-order chi connectivity index (χ1) is 11.5. The number of hydrogen-bond donors (Lipinski definition) is 3. The van der Waals surface area contributed by atoms with Gasteiger partial charge in [0.1, 0.15) is 0 Å². The van der Waals surface area contributed by atoms with Gasteiger partial charge in [-0.05, 0) is 29.3 Å². The van der Waals surface area contributed by atoms with Crippen molar-refractivity contribution in [2.24, 2.45) is 7.05 Å². The zero-order chi connectivity index (χ0) is 16.8. The Kier molecular flexibility index (Phi) is 3.28. The number of nitrogens with one attached hydrogen (secondary N) is 2. The summed E-state index contributed by atoms with van der Waals surface area (Å²) in [5.74, 6) is -0.276. The standard InChI is InChI=1S/C18H17N3O3/c1-21-14-7-6-11(8-13(14)19-18(21)24)17(23)20-16-12-5-3-2-4-10(12)9-15(16)22/h2-8,15-16,22H,9H2,1H3,(H,19,24)(H,20,23). The fourth-order valence-electron chi connectivity index (χ4n) is 3.35. The number of rotatable bonds is 2. The molecule has 1 amide bonds. The van der Waals surface area contributed by atoms with Gasteiger partial charge in [-0.3, -0.25) is 9.36 Å². The molecule has 4 rings (SSSR count). The maximum absolute atomic E-state index is 12.6. The molecule has 0 spiro atoms. The second kappa shape index (κ2) is 5.35. The predicted molar refractivity (Wildman–Crippen MR) is 89.9 cm³/mol. The molecular formula is C18H17N3O3. The molecule has 1 aliphatic rings. The Morgan fingerprint density at radius 3 is 2.92 bits per heavy atom. The van der Waals surface area contributed by atoms with Crippen molar-refractivity contribution in [2.45, 2.75) is 18.6 Å². The Morgan fingerprint density at radius 1 is 1.29 bits per heavy atom. The van der Waals surface area contributed by atoms with Crippen LogP contribution >= 0.6 is 0 Å². The number of fused-ring (bicyclic) bond motifs is 2. The van der Waals surface area contributed by atoms with Crippen molar-refractivity contribution in [1.29, 1.82) is 0 Å². The van der Waals surface area contributed by atoms with Crippen LogP contribution in [0, 0.1) is 0 Å². The lowest BCUT2D eigenvalue weighted by Gasteiger charge is -2.18. The van der Waals surface area contributed by atoms with Crippen LogP contribution in [-0.2, 0) is 13.5 Å². The first-order valence-corrected chi connectivity index (χ1v) is 7.80. The Balaban J connectivity index is 1.64. The van der Waals surface area contributed by atoms with Crippen molar-refractivity contribution >= 4 is 16.9 Å². The molecule has 0 bridgehead atoms. The molecule has 24 heavy (non-hydrogen) atoms. The molecule has 6 nitrogen and oxygen atoms in total. The lowest BCUT2D eigenvalue weighted by Crippen LogP contribution is -2.33. The number of carbonyl (C=O) groups is 1. The molecule has 0 saturated carbocycles. The maximum atomic E-state index is 12.6. The zero-order valence-corrected chi connectivity index (χ0v) is 13.1. The number of nitrogens with zero attached hydrogens (tertiary/aromatic N) is 1. The summed E-state index contributed by atoms with van der Waals surface area (Å²) < 4.78 is 1.49. The highest BCUT2D eigenvalue weighted by molar-refractivity contribution is 5.97. The molecule has 0 aliphatic heterocycles. The van der Waals surface area contributed by atoms with Gasteiger partial charge in [0.05, 0.1) is 23.2 Å². The molecule has 2 atom stereocenters. The van der Waals surface area contributed by atoms with Gasteiger partial charge in [0.25, 0.3) is 5.91 Å². The van der Waals surface area contributed by atoms with Crippen LogP contribution in [0.2, 0.25) is 0 Å². The van der Waals surface area contributed by atoms with Crippen molar-refractivity contribution in [3.05, 3.63) is 69.6 Å². The Labute approximate surface area is 137 Å². The highest BCUT2D eigenvalue weighted by Gasteiger charge is 2.32. The molecule has 6 heteroatoms. The SMILES string of the molecule is Cn1c(=O)[nH]c2cc(C(=O)NC3c4ccccc4CC3O)ccc21. The number of amides is 1. The van der Waals surface area contributed by atoms with Gasteiger partial charge in [-0.1, -0.05) is 24.3 Å². The number of H-pyrrole nitrogens is 1. The Hall–Kier alpha value is -2.86. The summed E-state index contributed by atoms with van der Waals surface area (Å²) in [5.41, 5.74) is 3.58.